The Morgan fingerprint density at radius 1 is 0.958 bits per heavy atom. The minimum absolute atomic E-state index is 0.0438. The van der Waals surface area contributed by atoms with Crippen LogP contribution in [0.5, 0.6) is 0 Å². The third kappa shape index (κ3) is 5.61. The van der Waals surface area contributed by atoms with Crippen molar-refractivity contribution >= 4 is 22.1 Å². The first-order valence-electron chi connectivity index (χ1n) is 7.48. The second-order valence-corrected chi connectivity index (χ2v) is 7.50. The van der Waals surface area contributed by atoms with Crippen LogP contribution in [0.25, 0.3) is 0 Å². The summed E-state index contributed by atoms with van der Waals surface area (Å²) in [5, 5.41) is 0. The van der Waals surface area contributed by atoms with Crippen LogP contribution in [0.4, 0.5) is 0 Å². The van der Waals surface area contributed by atoms with Gasteiger partial charge in [0.25, 0.3) is 10.1 Å². The van der Waals surface area contributed by atoms with Crippen molar-refractivity contribution in [3.05, 3.63) is 29.3 Å². The summed E-state index contributed by atoms with van der Waals surface area (Å²) in [6.45, 7) is 7.41. The van der Waals surface area contributed by atoms with Gasteiger partial charge in [0.2, 0.25) is 0 Å². The van der Waals surface area contributed by atoms with E-state index in [1.165, 1.54) is 18.2 Å². The van der Waals surface area contributed by atoms with Gasteiger partial charge in [-0.05, 0) is 24.0 Å². The Labute approximate surface area is 141 Å². The summed E-state index contributed by atoms with van der Waals surface area (Å²) in [5.41, 5.74) is -0.811. The van der Waals surface area contributed by atoms with Gasteiger partial charge in [0, 0.05) is 0 Å². The van der Waals surface area contributed by atoms with Crippen LogP contribution < -0.4 is 0 Å². The number of hydrogen-bond acceptors (Lipinski definition) is 6. The fourth-order valence-electron chi connectivity index (χ4n) is 1.78. The third-order valence-electron chi connectivity index (χ3n) is 2.81. The normalized spacial score (nSPS) is 11.6. The SMILES string of the molecule is CC(C)COC(=O)c1cccc(C(=O)OCC(C)C)c1S(=O)(=O)O. The van der Waals surface area contributed by atoms with E-state index in [0.29, 0.717) is 0 Å². The van der Waals surface area contributed by atoms with Gasteiger partial charge in [0.05, 0.1) is 24.3 Å². The molecule has 0 amide bonds. The Hall–Kier alpha value is -1.93. The fourth-order valence-corrected chi connectivity index (χ4v) is 2.64. The molecule has 1 rings (SSSR count). The van der Waals surface area contributed by atoms with E-state index in [2.05, 4.69) is 0 Å². The molecule has 0 radical (unpaired) electrons. The maximum absolute atomic E-state index is 12.1. The van der Waals surface area contributed by atoms with Gasteiger partial charge in [-0.1, -0.05) is 33.8 Å². The lowest BCUT2D eigenvalue weighted by Crippen LogP contribution is -2.19. The summed E-state index contributed by atoms with van der Waals surface area (Å²) in [5.74, 6) is -1.78. The Balaban J connectivity index is 3.29. The molecule has 0 aromatic heterocycles. The molecule has 1 aromatic carbocycles. The Bertz CT molecular complexity index is 663. The van der Waals surface area contributed by atoms with Crippen LogP contribution in [-0.2, 0) is 19.6 Å². The summed E-state index contributed by atoms with van der Waals surface area (Å²) in [7, 11) is -4.83. The third-order valence-corrected chi connectivity index (χ3v) is 3.76. The van der Waals surface area contributed by atoms with Crippen molar-refractivity contribution in [3.63, 3.8) is 0 Å². The Morgan fingerprint density at radius 2 is 1.33 bits per heavy atom. The van der Waals surface area contributed by atoms with E-state index in [9.17, 15) is 22.6 Å². The number of hydrogen-bond donors (Lipinski definition) is 1. The Kier molecular flexibility index (Phi) is 6.92. The average Bonchev–Trinajstić information content (AvgIpc) is 2.48. The van der Waals surface area contributed by atoms with Crippen LogP contribution in [0.3, 0.4) is 0 Å². The van der Waals surface area contributed by atoms with Crippen LogP contribution in [0.15, 0.2) is 23.1 Å². The van der Waals surface area contributed by atoms with Gasteiger partial charge >= 0.3 is 11.9 Å². The second-order valence-electron chi connectivity index (χ2n) is 6.14. The average molecular weight is 358 g/mol. The highest BCUT2D eigenvalue weighted by atomic mass is 32.2. The first-order chi connectivity index (χ1) is 11.0. The van der Waals surface area contributed by atoms with Crippen molar-refractivity contribution in [1.82, 2.24) is 0 Å². The topological polar surface area (TPSA) is 107 Å². The molecule has 24 heavy (non-hydrogen) atoms. The van der Waals surface area contributed by atoms with E-state index in [1.807, 2.05) is 27.7 Å². The predicted molar refractivity (Wildman–Crippen MR) is 86.5 cm³/mol. The Morgan fingerprint density at radius 3 is 1.62 bits per heavy atom. The molecule has 0 spiro atoms. The molecule has 8 heteroatoms. The quantitative estimate of drug-likeness (QED) is 0.589. The lowest BCUT2D eigenvalue weighted by molar-refractivity contribution is 0.0446. The fraction of sp³-hybridized carbons (Fsp3) is 0.500. The largest absolute Gasteiger partial charge is 0.462 e. The number of rotatable bonds is 7. The maximum atomic E-state index is 12.1. The van der Waals surface area contributed by atoms with Crippen LogP contribution in [0.1, 0.15) is 48.4 Å². The van der Waals surface area contributed by atoms with Crippen LogP contribution in [0, 0.1) is 11.8 Å². The van der Waals surface area contributed by atoms with Crippen molar-refractivity contribution in [2.24, 2.45) is 11.8 Å². The molecule has 0 unspecified atom stereocenters. The van der Waals surface area contributed by atoms with Crippen LogP contribution in [0.2, 0.25) is 0 Å². The molecular weight excluding hydrogens is 336 g/mol. The highest BCUT2D eigenvalue weighted by Crippen LogP contribution is 2.23. The van der Waals surface area contributed by atoms with Gasteiger partial charge in [0.15, 0.2) is 0 Å². The van der Waals surface area contributed by atoms with E-state index in [-0.39, 0.29) is 25.0 Å². The standard InChI is InChI=1S/C16H22O7S/c1-10(2)8-22-15(17)12-6-5-7-13(14(12)24(19,20)21)16(18)23-9-11(3)4/h5-7,10-11H,8-9H2,1-4H3,(H,19,20,21). The van der Waals surface area contributed by atoms with Crippen molar-refractivity contribution in [2.45, 2.75) is 32.6 Å². The smallest absolute Gasteiger partial charge is 0.339 e. The number of carbonyl (C=O) groups is 2. The molecule has 0 aliphatic heterocycles. The predicted octanol–water partition coefficient (Wildman–Crippen LogP) is 2.56. The van der Waals surface area contributed by atoms with Crippen molar-refractivity contribution < 1.29 is 32.0 Å². The van der Waals surface area contributed by atoms with E-state index in [0.717, 1.165) is 0 Å². The highest BCUT2D eigenvalue weighted by Gasteiger charge is 2.29. The molecule has 1 N–H and O–H groups in total. The van der Waals surface area contributed by atoms with Gasteiger partial charge in [-0.15, -0.1) is 0 Å². The first kappa shape index (κ1) is 20.1. The molecule has 1 aromatic rings. The van der Waals surface area contributed by atoms with Gasteiger partial charge in [-0.25, -0.2) is 9.59 Å². The molecule has 0 aliphatic rings. The molecule has 0 bridgehead atoms. The zero-order chi connectivity index (χ0) is 18.5. The number of ether oxygens (including phenoxy) is 2. The van der Waals surface area contributed by atoms with Crippen LogP contribution in [-0.4, -0.2) is 38.1 Å². The van der Waals surface area contributed by atoms with Crippen LogP contribution >= 0.6 is 0 Å². The first-order valence-corrected chi connectivity index (χ1v) is 8.92. The summed E-state index contributed by atoms with van der Waals surface area (Å²) >= 11 is 0. The molecular formula is C16H22O7S. The number of benzene rings is 1. The highest BCUT2D eigenvalue weighted by molar-refractivity contribution is 7.86. The zero-order valence-electron chi connectivity index (χ0n) is 14.1. The number of esters is 2. The molecule has 0 aliphatic carbocycles. The zero-order valence-corrected chi connectivity index (χ0v) is 14.9. The van der Waals surface area contributed by atoms with E-state index in [4.69, 9.17) is 9.47 Å². The summed E-state index contributed by atoms with van der Waals surface area (Å²) in [6.07, 6.45) is 0. The summed E-state index contributed by atoms with van der Waals surface area (Å²) in [4.78, 5) is 23.4. The molecule has 0 heterocycles. The lowest BCUT2D eigenvalue weighted by atomic mass is 10.1. The van der Waals surface area contributed by atoms with E-state index in [1.54, 1.807) is 0 Å². The van der Waals surface area contributed by atoms with Gasteiger partial charge in [-0.2, -0.15) is 8.42 Å². The maximum Gasteiger partial charge on any atom is 0.339 e. The lowest BCUT2D eigenvalue weighted by Gasteiger charge is -2.13. The van der Waals surface area contributed by atoms with Gasteiger partial charge in [-0.3, -0.25) is 4.55 Å². The van der Waals surface area contributed by atoms with Gasteiger partial charge < -0.3 is 9.47 Å². The molecule has 0 saturated heterocycles. The van der Waals surface area contributed by atoms with E-state index < -0.39 is 38.1 Å². The molecule has 0 atom stereocenters. The van der Waals surface area contributed by atoms with E-state index >= 15 is 0 Å². The minimum atomic E-state index is -4.83. The molecule has 0 fully saturated rings. The van der Waals surface area contributed by atoms with Crippen molar-refractivity contribution in [3.8, 4) is 0 Å². The molecule has 134 valence electrons. The summed E-state index contributed by atoms with van der Waals surface area (Å²) < 4.78 is 42.8. The van der Waals surface area contributed by atoms with Crippen molar-refractivity contribution in [1.29, 1.82) is 0 Å². The minimum Gasteiger partial charge on any atom is -0.462 e. The van der Waals surface area contributed by atoms with Crippen molar-refractivity contribution in [2.75, 3.05) is 13.2 Å². The number of carbonyl (C=O) groups excluding carboxylic acids is 2. The van der Waals surface area contributed by atoms with Gasteiger partial charge in [0.1, 0.15) is 4.90 Å². The molecule has 0 saturated carbocycles. The monoisotopic (exact) mass is 358 g/mol. The summed E-state index contributed by atoms with van der Waals surface area (Å²) in [6, 6.07) is 3.67. The molecule has 7 nitrogen and oxygen atoms in total. The second kappa shape index (κ2) is 8.25.